The summed E-state index contributed by atoms with van der Waals surface area (Å²) >= 11 is 3.42. The van der Waals surface area contributed by atoms with Gasteiger partial charge in [0.2, 0.25) is 0 Å². The first kappa shape index (κ1) is 16.0. The van der Waals surface area contributed by atoms with Crippen molar-refractivity contribution in [2.45, 2.75) is 25.9 Å². The molecule has 0 bridgehead atoms. The smallest absolute Gasteiger partial charge is 0.0916 e. The molecule has 1 fully saturated rings. The topological polar surface area (TPSA) is 32.7 Å². The molecule has 1 aromatic rings. The van der Waals surface area contributed by atoms with Gasteiger partial charge in [0.25, 0.3) is 0 Å². The van der Waals surface area contributed by atoms with E-state index in [1.807, 2.05) is 31.2 Å². The van der Waals surface area contributed by atoms with E-state index in [9.17, 15) is 5.11 Å². The van der Waals surface area contributed by atoms with Crippen LogP contribution in [0.4, 0.5) is 0 Å². The molecule has 1 aromatic carbocycles. The molecule has 20 heavy (non-hydrogen) atoms. The van der Waals surface area contributed by atoms with Gasteiger partial charge in [0.15, 0.2) is 0 Å². The predicted molar refractivity (Wildman–Crippen MR) is 84.8 cm³/mol. The van der Waals surface area contributed by atoms with Crippen LogP contribution < -0.4 is 0 Å². The zero-order valence-electron chi connectivity index (χ0n) is 12.1. The maximum Gasteiger partial charge on any atom is 0.0916 e. The van der Waals surface area contributed by atoms with Crippen LogP contribution in [0.15, 0.2) is 28.7 Å². The minimum atomic E-state index is -0.408. The minimum Gasteiger partial charge on any atom is -0.387 e. The lowest BCUT2D eigenvalue weighted by atomic mass is 9.98. The van der Waals surface area contributed by atoms with Crippen LogP contribution in [0.25, 0.3) is 0 Å². The Balaban J connectivity index is 1.84. The molecule has 2 rings (SSSR count). The van der Waals surface area contributed by atoms with E-state index in [2.05, 4.69) is 20.8 Å². The average Bonchev–Trinajstić information content (AvgIpc) is 2.46. The Morgan fingerprint density at radius 3 is 2.85 bits per heavy atom. The number of rotatable bonds is 6. The fourth-order valence-corrected chi connectivity index (χ4v) is 3.04. The van der Waals surface area contributed by atoms with Gasteiger partial charge in [-0.15, -0.1) is 0 Å². The van der Waals surface area contributed by atoms with Crippen molar-refractivity contribution in [1.82, 2.24) is 4.90 Å². The normalized spacial score (nSPS) is 21.9. The van der Waals surface area contributed by atoms with Crippen LogP contribution in [0.5, 0.6) is 0 Å². The summed E-state index contributed by atoms with van der Waals surface area (Å²) in [6, 6.07) is 7.92. The van der Waals surface area contributed by atoms with Gasteiger partial charge in [-0.1, -0.05) is 28.1 Å². The van der Waals surface area contributed by atoms with Crippen molar-refractivity contribution in [3.8, 4) is 0 Å². The second-order valence-electron chi connectivity index (χ2n) is 5.49. The summed E-state index contributed by atoms with van der Waals surface area (Å²) in [7, 11) is 0. The molecule has 2 unspecified atom stereocenters. The van der Waals surface area contributed by atoms with E-state index >= 15 is 0 Å². The van der Waals surface area contributed by atoms with E-state index in [-0.39, 0.29) is 0 Å². The molecular formula is C16H24BrNO2. The first-order chi connectivity index (χ1) is 9.69. The second-order valence-corrected chi connectivity index (χ2v) is 6.41. The Labute approximate surface area is 130 Å². The number of halogens is 1. The van der Waals surface area contributed by atoms with Crippen molar-refractivity contribution >= 4 is 15.9 Å². The molecule has 0 saturated carbocycles. The van der Waals surface area contributed by atoms with Gasteiger partial charge in [0.1, 0.15) is 0 Å². The van der Waals surface area contributed by atoms with Crippen LogP contribution in [0.3, 0.4) is 0 Å². The van der Waals surface area contributed by atoms with Crippen molar-refractivity contribution in [2.24, 2.45) is 5.92 Å². The summed E-state index contributed by atoms with van der Waals surface area (Å²) in [5, 5.41) is 10.3. The number of hydrogen-bond acceptors (Lipinski definition) is 3. The van der Waals surface area contributed by atoms with Crippen LogP contribution in [-0.4, -0.2) is 42.9 Å². The van der Waals surface area contributed by atoms with Gasteiger partial charge >= 0.3 is 0 Å². The molecule has 0 aliphatic carbocycles. The number of β-amino-alcohol motifs (C(OH)–C–C–N with tert-alkyl or cyclic N) is 1. The monoisotopic (exact) mass is 341 g/mol. The number of ether oxygens (including phenoxy) is 1. The van der Waals surface area contributed by atoms with Gasteiger partial charge in [-0.2, -0.15) is 0 Å². The number of hydrogen-bond donors (Lipinski definition) is 1. The van der Waals surface area contributed by atoms with E-state index < -0.39 is 6.10 Å². The van der Waals surface area contributed by atoms with Gasteiger partial charge in [-0.3, -0.25) is 0 Å². The van der Waals surface area contributed by atoms with Crippen LogP contribution >= 0.6 is 15.9 Å². The highest BCUT2D eigenvalue weighted by Crippen LogP contribution is 2.22. The Kier molecular flexibility index (Phi) is 6.49. The van der Waals surface area contributed by atoms with Crippen LogP contribution in [0, 0.1) is 5.92 Å². The lowest BCUT2D eigenvalue weighted by Gasteiger charge is -2.33. The van der Waals surface area contributed by atoms with Crippen molar-refractivity contribution in [3.63, 3.8) is 0 Å². The van der Waals surface area contributed by atoms with Gasteiger partial charge in [-0.25, -0.2) is 0 Å². The molecule has 0 spiro atoms. The predicted octanol–water partition coefficient (Wildman–Crippen LogP) is 3.23. The first-order valence-corrected chi connectivity index (χ1v) is 8.22. The highest BCUT2D eigenvalue weighted by Gasteiger charge is 2.22. The average molecular weight is 342 g/mol. The van der Waals surface area contributed by atoms with E-state index in [0.29, 0.717) is 12.5 Å². The molecule has 1 N–H and O–H groups in total. The molecule has 0 amide bonds. The number of likely N-dealkylation sites (tertiary alicyclic amines) is 1. The van der Waals surface area contributed by atoms with Crippen molar-refractivity contribution in [2.75, 3.05) is 32.8 Å². The molecule has 1 aliphatic rings. The lowest BCUT2D eigenvalue weighted by molar-refractivity contribution is 0.0442. The molecule has 112 valence electrons. The van der Waals surface area contributed by atoms with Crippen LogP contribution in [-0.2, 0) is 4.74 Å². The Bertz CT molecular complexity index is 396. The van der Waals surface area contributed by atoms with Crippen molar-refractivity contribution in [3.05, 3.63) is 34.3 Å². The van der Waals surface area contributed by atoms with Gasteiger partial charge < -0.3 is 14.7 Å². The molecule has 2 atom stereocenters. The third-order valence-electron chi connectivity index (χ3n) is 3.85. The fourth-order valence-electron chi connectivity index (χ4n) is 2.77. The molecule has 1 saturated heterocycles. The van der Waals surface area contributed by atoms with Gasteiger partial charge in [-0.05, 0) is 49.9 Å². The molecule has 4 heteroatoms. The zero-order valence-corrected chi connectivity index (χ0v) is 13.7. The lowest BCUT2D eigenvalue weighted by Crippen LogP contribution is -2.39. The Hall–Kier alpha value is -0.420. The van der Waals surface area contributed by atoms with Crippen LogP contribution in [0.2, 0.25) is 0 Å². The second kappa shape index (κ2) is 8.13. The van der Waals surface area contributed by atoms with E-state index in [4.69, 9.17) is 4.74 Å². The van der Waals surface area contributed by atoms with Gasteiger partial charge in [0.05, 0.1) is 12.7 Å². The molecule has 3 nitrogen and oxygen atoms in total. The summed E-state index contributed by atoms with van der Waals surface area (Å²) in [5.74, 6) is 0.612. The summed E-state index contributed by atoms with van der Waals surface area (Å²) in [6.45, 7) is 6.51. The number of aliphatic hydroxyl groups is 1. The number of nitrogens with zero attached hydrogens (tertiary/aromatic N) is 1. The number of piperidine rings is 1. The van der Waals surface area contributed by atoms with E-state index in [1.165, 1.54) is 12.8 Å². The number of benzene rings is 1. The Morgan fingerprint density at radius 1 is 1.40 bits per heavy atom. The summed E-state index contributed by atoms with van der Waals surface area (Å²) in [6.07, 6.45) is 2.03. The van der Waals surface area contributed by atoms with Crippen LogP contribution in [0.1, 0.15) is 31.4 Å². The minimum absolute atomic E-state index is 0.408. The summed E-state index contributed by atoms with van der Waals surface area (Å²) in [5.41, 5.74) is 0.986. The van der Waals surface area contributed by atoms with Gasteiger partial charge in [0, 0.05) is 24.2 Å². The van der Waals surface area contributed by atoms with E-state index in [1.54, 1.807) is 0 Å². The maximum absolute atomic E-state index is 10.3. The molecule has 0 aromatic heterocycles. The molecular weight excluding hydrogens is 318 g/mol. The zero-order chi connectivity index (χ0) is 14.4. The molecule has 1 aliphatic heterocycles. The maximum atomic E-state index is 10.3. The number of aliphatic hydroxyl groups excluding tert-OH is 1. The van der Waals surface area contributed by atoms with Crippen molar-refractivity contribution in [1.29, 1.82) is 0 Å². The largest absolute Gasteiger partial charge is 0.387 e. The standard InChI is InChI=1S/C16H24BrNO2/c1-2-20-12-13-4-3-9-18(10-13)11-16(19)14-5-7-15(17)8-6-14/h5-8,13,16,19H,2-4,9-12H2,1H3. The SMILES string of the molecule is CCOCC1CCCN(CC(O)c2ccc(Br)cc2)C1. The van der Waals surface area contributed by atoms with Crippen molar-refractivity contribution < 1.29 is 9.84 Å². The Morgan fingerprint density at radius 2 is 2.15 bits per heavy atom. The summed E-state index contributed by atoms with van der Waals surface area (Å²) in [4.78, 5) is 2.36. The van der Waals surface area contributed by atoms with E-state index in [0.717, 1.165) is 36.3 Å². The quantitative estimate of drug-likeness (QED) is 0.862. The third-order valence-corrected chi connectivity index (χ3v) is 4.38. The first-order valence-electron chi connectivity index (χ1n) is 7.42. The third kappa shape index (κ3) is 4.85. The highest BCUT2D eigenvalue weighted by atomic mass is 79.9. The molecule has 1 heterocycles. The summed E-state index contributed by atoms with van der Waals surface area (Å²) < 4.78 is 6.57. The molecule has 0 radical (unpaired) electrons. The fraction of sp³-hybridized carbons (Fsp3) is 0.625. The highest BCUT2D eigenvalue weighted by molar-refractivity contribution is 9.10.